The van der Waals surface area contributed by atoms with Crippen molar-refractivity contribution in [1.29, 1.82) is 0 Å². The van der Waals surface area contributed by atoms with Crippen LogP contribution >= 0.6 is 0 Å². The highest BCUT2D eigenvalue weighted by Gasteiger charge is 2.18. The van der Waals surface area contributed by atoms with Crippen LogP contribution in [0.1, 0.15) is 0 Å². The minimum Gasteiger partial charge on any atom is -0.293 e. The van der Waals surface area contributed by atoms with Crippen molar-refractivity contribution in [2.24, 2.45) is 0 Å². The number of aromatic nitrogens is 4. The molecule has 4 nitrogen and oxygen atoms in total. The van der Waals surface area contributed by atoms with Gasteiger partial charge in [-0.15, -0.1) is 0 Å². The molecular weight excluding hydrogens is 452 g/mol. The zero-order valence-electron chi connectivity index (χ0n) is 19.8. The molecule has 0 atom stereocenters. The topological polar surface area (TPSA) is 43.6 Å². The lowest BCUT2D eigenvalue weighted by atomic mass is 9.95. The molecule has 0 aliphatic carbocycles. The second-order valence-electron chi connectivity index (χ2n) is 9.31. The summed E-state index contributed by atoms with van der Waals surface area (Å²) in [5, 5.41) is 6.86. The van der Waals surface area contributed by atoms with E-state index in [1.165, 1.54) is 10.8 Å². The highest BCUT2D eigenvalue weighted by molar-refractivity contribution is 6.15. The number of nitrogens with zero attached hydrogens (tertiary/aromatic N) is 4. The van der Waals surface area contributed by atoms with Crippen LogP contribution in [0.5, 0.6) is 0 Å². The van der Waals surface area contributed by atoms with E-state index in [4.69, 9.17) is 9.97 Å². The fourth-order valence-corrected chi connectivity index (χ4v) is 5.72. The first kappa shape index (κ1) is 20.1. The van der Waals surface area contributed by atoms with E-state index in [9.17, 15) is 0 Å². The summed E-state index contributed by atoms with van der Waals surface area (Å²) in [6.07, 6.45) is 5.68. The van der Waals surface area contributed by atoms with Crippen molar-refractivity contribution < 1.29 is 0 Å². The van der Waals surface area contributed by atoms with Crippen LogP contribution in [0.25, 0.3) is 71.3 Å². The van der Waals surface area contributed by atoms with Gasteiger partial charge in [0.25, 0.3) is 0 Å². The molecule has 4 heterocycles. The van der Waals surface area contributed by atoms with Crippen LogP contribution < -0.4 is 0 Å². The number of rotatable bonds is 2. The highest BCUT2D eigenvalue weighted by atomic mass is 15.1. The summed E-state index contributed by atoms with van der Waals surface area (Å²) in [6, 6.07) is 36.1. The maximum absolute atomic E-state index is 5.14. The van der Waals surface area contributed by atoms with Crippen molar-refractivity contribution in [3.8, 4) is 16.9 Å². The van der Waals surface area contributed by atoms with E-state index in [-0.39, 0.29) is 0 Å². The lowest BCUT2D eigenvalue weighted by Crippen LogP contribution is -2.00. The lowest BCUT2D eigenvalue weighted by Gasteiger charge is -2.15. The Kier molecular flexibility index (Phi) is 4.19. The van der Waals surface area contributed by atoms with Gasteiger partial charge in [0, 0.05) is 51.1 Å². The van der Waals surface area contributed by atoms with E-state index in [1.807, 2.05) is 30.7 Å². The van der Waals surface area contributed by atoms with Crippen molar-refractivity contribution in [1.82, 2.24) is 19.5 Å². The second-order valence-corrected chi connectivity index (χ2v) is 9.31. The number of para-hydroxylation sites is 2. The Bertz CT molecular complexity index is 2100. The summed E-state index contributed by atoms with van der Waals surface area (Å²) in [5.41, 5.74) is 6.33. The minimum absolute atomic E-state index is 0.908. The van der Waals surface area contributed by atoms with Gasteiger partial charge in [-0.2, -0.15) is 0 Å². The van der Waals surface area contributed by atoms with Gasteiger partial charge < -0.3 is 0 Å². The normalized spacial score (nSPS) is 11.8. The summed E-state index contributed by atoms with van der Waals surface area (Å²) in [4.78, 5) is 14.5. The molecule has 37 heavy (non-hydrogen) atoms. The molecule has 4 aromatic carbocycles. The molecule has 172 valence electrons. The summed E-state index contributed by atoms with van der Waals surface area (Å²) in [7, 11) is 0. The number of pyridine rings is 3. The maximum Gasteiger partial charge on any atom is 0.145 e. The first-order valence-electron chi connectivity index (χ1n) is 12.4. The van der Waals surface area contributed by atoms with Crippen LogP contribution in [0.2, 0.25) is 0 Å². The molecule has 0 radical (unpaired) electrons. The molecule has 0 saturated heterocycles. The van der Waals surface area contributed by atoms with E-state index in [0.29, 0.717) is 0 Å². The third-order valence-electron chi connectivity index (χ3n) is 7.32. The Morgan fingerprint density at radius 1 is 0.459 bits per heavy atom. The lowest BCUT2D eigenvalue weighted by molar-refractivity contribution is 1.10. The molecule has 0 amide bonds. The van der Waals surface area contributed by atoms with Crippen LogP contribution in [-0.2, 0) is 0 Å². The Labute approximate surface area is 212 Å². The summed E-state index contributed by atoms with van der Waals surface area (Å²) < 4.78 is 2.29. The van der Waals surface area contributed by atoms with Gasteiger partial charge in [0.2, 0.25) is 0 Å². The number of hydrogen-bond donors (Lipinski definition) is 0. The quantitative estimate of drug-likeness (QED) is 0.239. The van der Waals surface area contributed by atoms with E-state index < -0.39 is 0 Å². The Morgan fingerprint density at radius 2 is 1.05 bits per heavy atom. The van der Waals surface area contributed by atoms with Gasteiger partial charge in [0.15, 0.2) is 0 Å². The first-order valence-corrected chi connectivity index (χ1v) is 12.4. The highest BCUT2D eigenvalue weighted by Crippen LogP contribution is 2.39. The third-order valence-corrected chi connectivity index (χ3v) is 7.32. The van der Waals surface area contributed by atoms with Crippen LogP contribution in [0, 0.1) is 0 Å². The van der Waals surface area contributed by atoms with Gasteiger partial charge in [-0.05, 0) is 41.3 Å². The smallest absolute Gasteiger partial charge is 0.145 e. The molecular formula is C33H20N4. The van der Waals surface area contributed by atoms with Gasteiger partial charge in [-0.1, -0.05) is 72.8 Å². The minimum atomic E-state index is 0.908. The standard InChI is InChI=1S/C33H20N4/c1-2-13-26-22(10-1)28(27-19-21-9-7-17-34-31(21)32-25(27)14-8-18-35-32)20-36-33(26)37-29-15-5-3-11-23(29)24-12-4-6-16-30(24)37/h1-20H. The zero-order valence-corrected chi connectivity index (χ0v) is 19.8. The molecule has 0 aliphatic rings. The molecule has 8 rings (SSSR count). The Morgan fingerprint density at radius 3 is 1.81 bits per heavy atom. The molecule has 0 aliphatic heterocycles. The Balaban J connectivity index is 1.48. The second kappa shape index (κ2) is 7.70. The van der Waals surface area contributed by atoms with Crippen molar-refractivity contribution in [3.63, 3.8) is 0 Å². The third kappa shape index (κ3) is 2.87. The fraction of sp³-hybridized carbons (Fsp3) is 0. The van der Waals surface area contributed by atoms with Gasteiger partial charge in [0.1, 0.15) is 5.82 Å². The zero-order chi connectivity index (χ0) is 24.3. The van der Waals surface area contributed by atoms with Crippen molar-refractivity contribution in [3.05, 3.63) is 122 Å². The van der Waals surface area contributed by atoms with Crippen molar-refractivity contribution in [2.75, 3.05) is 0 Å². The predicted molar refractivity (Wildman–Crippen MR) is 152 cm³/mol. The van der Waals surface area contributed by atoms with E-state index in [1.54, 1.807) is 0 Å². The average Bonchev–Trinajstić information content (AvgIpc) is 3.30. The molecule has 4 aromatic heterocycles. The number of benzene rings is 4. The molecule has 8 aromatic rings. The van der Waals surface area contributed by atoms with Crippen molar-refractivity contribution in [2.45, 2.75) is 0 Å². The SMILES string of the molecule is c1cnc2c(c1)cc(-c1cnc(-n3c4ccccc4c4ccccc43)c3ccccc13)c1cccnc12. The Hall–Kier alpha value is -5.09. The number of hydrogen-bond acceptors (Lipinski definition) is 3. The summed E-state index contributed by atoms with van der Waals surface area (Å²) in [6.45, 7) is 0. The predicted octanol–water partition coefficient (Wildman–Crippen LogP) is 8.10. The average molecular weight is 473 g/mol. The van der Waals surface area contributed by atoms with E-state index in [0.717, 1.165) is 60.6 Å². The molecule has 0 bridgehead atoms. The largest absolute Gasteiger partial charge is 0.293 e. The summed E-state index contributed by atoms with van der Waals surface area (Å²) >= 11 is 0. The molecule has 4 heteroatoms. The van der Waals surface area contributed by atoms with Gasteiger partial charge in [0.05, 0.1) is 22.1 Å². The molecule has 0 unspecified atom stereocenters. The first-order chi connectivity index (χ1) is 18.4. The fourth-order valence-electron chi connectivity index (χ4n) is 5.72. The van der Waals surface area contributed by atoms with Crippen LogP contribution in [0.3, 0.4) is 0 Å². The van der Waals surface area contributed by atoms with Gasteiger partial charge in [-0.25, -0.2) is 4.98 Å². The van der Waals surface area contributed by atoms with Crippen LogP contribution in [0.4, 0.5) is 0 Å². The van der Waals surface area contributed by atoms with E-state index >= 15 is 0 Å². The van der Waals surface area contributed by atoms with Crippen molar-refractivity contribution >= 4 is 54.4 Å². The van der Waals surface area contributed by atoms with Crippen LogP contribution in [-0.4, -0.2) is 19.5 Å². The summed E-state index contributed by atoms with van der Waals surface area (Å²) in [5.74, 6) is 0.932. The molecule has 0 saturated carbocycles. The van der Waals surface area contributed by atoms with Crippen LogP contribution in [0.15, 0.2) is 122 Å². The van der Waals surface area contributed by atoms with E-state index in [2.05, 4.69) is 101 Å². The monoisotopic (exact) mass is 472 g/mol. The molecule has 0 fully saturated rings. The van der Waals surface area contributed by atoms with Gasteiger partial charge >= 0.3 is 0 Å². The number of fused-ring (bicyclic) bond motifs is 7. The molecule has 0 N–H and O–H groups in total. The maximum atomic E-state index is 5.14. The molecule has 0 spiro atoms. The van der Waals surface area contributed by atoms with Gasteiger partial charge in [-0.3, -0.25) is 14.5 Å².